The molecule has 0 bridgehead atoms. The number of aliphatic carboxylic acids is 1. The largest absolute Gasteiger partial charge is 0.481 e. The van der Waals surface area contributed by atoms with Crippen LogP contribution in [0.5, 0.6) is 0 Å². The maximum Gasteiger partial charge on any atom is 0.306 e. The summed E-state index contributed by atoms with van der Waals surface area (Å²) in [7, 11) is 0. The average Bonchev–Trinajstić information content (AvgIpc) is 1.87. The van der Waals surface area contributed by atoms with Crippen LogP contribution < -0.4 is 0 Å². The van der Waals surface area contributed by atoms with Gasteiger partial charge in [0.2, 0.25) is 0 Å². The summed E-state index contributed by atoms with van der Waals surface area (Å²) in [6.07, 6.45) is 3.58. The van der Waals surface area contributed by atoms with Gasteiger partial charge in [-0.25, -0.2) is 0 Å². The summed E-state index contributed by atoms with van der Waals surface area (Å²) in [5, 5.41) is 8.64. The molecule has 2 heteroatoms. The molecule has 0 amide bonds. The van der Waals surface area contributed by atoms with Gasteiger partial charge in [-0.2, -0.15) is 0 Å². The Morgan fingerprint density at radius 3 is 1.90 bits per heavy atom. The van der Waals surface area contributed by atoms with Crippen molar-refractivity contribution < 1.29 is 9.90 Å². The molecule has 0 spiro atoms. The van der Waals surface area contributed by atoms with Crippen LogP contribution in [-0.2, 0) is 4.79 Å². The second-order valence-electron chi connectivity index (χ2n) is 2.61. The zero-order chi connectivity index (χ0) is 7.98. The molecule has 0 aliphatic carbocycles. The van der Waals surface area contributed by atoms with Gasteiger partial charge in [0, 0.05) is 0 Å². The van der Waals surface area contributed by atoms with Crippen LogP contribution in [0, 0.1) is 5.92 Å². The van der Waals surface area contributed by atoms with Gasteiger partial charge in [0.25, 0.3) is 0 Å². The predicted molar refractivity (Wildman–Crippen MR) is 40.9 cm³/mol. The molecule has 0 radical (unpaired) electrons. The normalized spacial score (nSPS) is 10.3. The minimum absolute atomic E-state index is 0.102. The zero-order valence-electron chi connectivity index (χ0n) is 6.76. The van der Waals surface area contributed by atoms with E-state index in [2.05, 4.69) is 0 Å². The SMILES string of the molecule is [13CH3][13CH2]CC(C[13CH2][13CH3])C(=O)O. The van der Waals surface area contributed by atoms with Crippen LogP contribution in [0.4, 0.5) is 0 Å². The van der Waals surface area contributed by atoms with Crippen LogP contribution >= 0.6 is 0 Å². The molecule has 0 atom stereocenters. The number of hydrogen-bond donors (Lipinski definition) is 1. The van der Waals surface area contributed by atoms with Crippen molar-refractivity contribution in [1.29, 1.82) is 0 Å². The first-order valence-electron chi connectivity index (χ1n) is 3.95. The first kappa shape index (κ1) is 9.47. The molecule has 0 aromatic heterocycles. The fourth-order valence-corrected chi connectivity index (χ4v) is 1.09. The Balaban J connectivity index is 3.61. The smallest absolute Gasteiger partial charge is 0.306 e. The van der Waals surface area contributed by atoms with Crippen molar-refractivity contribution in [3.05, 3.63) is 0 Å². The molecule has 0 aliphatic heterocycles. The van der Waals surface area contributed by atoms with Crippen molar-refractivity contribution in [2.24, 2.45) is 5.92 Å². The predicted octanol–water partition coefficient (Wildman–Crippen LogP) is 2.29. The average molecular weight is 148 g/mol. The molecule has 10 heavy (non-hydrogen) atoms. The van der Waals surface area contributed by atoms with Gasteiger partial charge in [-0.3, -0.25) is 4.79 Å². The molecule has 0 aromatic carbocycles. The minimum atomic E-state index is -0.635. The molecule has 0 fully saturated rings. The first-order valence-corrected chi connectivity index (χ1v) is 3.95. The Bertz CT molecular complexity index is 93.4. The molecule has 0 unspecified atom stereocenters. The van der Waals surface area contributed by atoms with E-state index in [1.807, 2.05) is 13.8 Å². The van der Waals surface area contributed by atoms with Crippen molar-refractivity contribution >= 4 is 5.97 Å². The van der Waals surface area contributed by atoms with Crippen molar-refractivity contribution in [2.75, 3.05) is 0 Å². The summed E-state index contributed by atoms with van der Waals surface area (Å²) in [5.74, 6) is -0.737. The highest BCUT2D eigenvalue weighted by Crippen LogP contribution is 2.12. The quantitative estimate of drug-likeness (QED) is 0.607. The van der Waals surface area contributed by atoms with E-state index in [0.29, 0.717) is 0 Å². The van der Waals surface area contributed by atoms with Crippen LogP contribution in [0.25, 0.3) is 0 Å². The van der Waals surface area contributed by atoms with Gasteiger partial charge in [-0.15, -0.1) is 0 Å². The highest BCUT2D eigenvalue weighted by atomic mass is 16.4. The van der Waals surface area contributed by atoms with Gasteiger partial charge in [0.05, 0.1) is 5.92 Å². The van der Waals surface area contributed by atoms with E-state index in [4.69, 9.17) is 5.11 Å². The molecule has 0 rings (SSSR count). The van der Waals surface area contributed by atoms with Crippen molar-refractivity contribution in [3.8, 4) is 0 Å². The van der Waals surface area contributed by atoms with Crippen LogP contribution in [0.1, 0.15) is 39.5 Å². The standard InChI is InChI=1S/C8H16O2/c1-3-5-7(6-4-2)8(9)10/h7H,3-6H2,1-2H3,(H,9,10)/i1+1,2+1,3+1,4+1. The molecule has 0 saturated carbocycles. The Hall–Kier alpha value is -0.530. The second kappa shape index (κ2) is 5.27. The highest BCUT2D eigenvalue weighted by molar-refractivity contribution is 5.69. The monoisotopic (exact) mass is 148 g/mol. The number of carboxylic acid groups (broad SMARTS) is 1. The third-order valence-corrected chi connectivity index (χ3v) is 1.62. The summed E-state index contributed by atoms with van der Waals surface area (Å²) in [4.78, 5) is 10.5. The maximum absolute atomic E-state index is 10.5. The number of carboxylic acids is 1. The molecule has 2 nitrogen and oxygen atoms in total. The lowest BCUT2D eigenvalue weighted by Crippen LogP contribution is -2.12. The lowest BCUT2D eigenvalue weighted by Gasteiger charge is -2.07. The van der Waals surface area contributed by atoms with Gasteiger partial charge < -0.3 is 5.11 Å². The number of hydrogen-bond acceptors (Lipinski definition) is 1. The lowest BCUT2D eigenvalue weighted by molar-refractivity contribution is -0.142. The van der Waals surface area contributed by atoms with Crippen molar-refractivity contribution in [1.82, 2.24) is 0 Å². The van der Waals surface area contributed by atoms with E-state index in [1.165, 1.54) is 0 Å². The molecule has 0 aliphatic rings. The molecule has 0 heterocycles. The molecule has 0 aromatic rings. The molecule has 1 N–H and O–H groups in total. The van der Waals surface area contributed by atoms with Gasteiger partial charge >= 0.3 is 5.97 Å². The fraction of sp³-hybridized carbons (Fsp3) is 0.875. The highest BCUT2D eigenvalue weighted by Gasteiger charge is 2.13. The Morgan fingerprint density at radius 2 is 1.70 bits per heavy atom. The number of carbonyl (C=O) groups is 1. The molecular weight excluding hydrogens is 132 g/mol. The maximum atomic E-state index is 10.5. The third kappa shape index (κ3) is 3.49. The lowest BCUT2D eigenvalue weighted by atomic mass is 10.1. The van der Waals surface area contributed by atoms with E-state index >= 15 is 0 Å². The minimum Gasteiger partial charge on any atom is -0.481 e. The van der Waals surface area contributed by atoms with Crippen molar-refractivity contribution in [3.63, 3.8) is 0 Å². The summed E-state index contributed by atoms with van der Waals surface area (Å²) in [5.41, 5.74) is 0. The van der Waals surface area contributed by atoms with Gasteiger partial charge in [0.1, 0.15) is 0 Å². The molecule has 0 saturated heterocycles. The summed E-state index contributed by atoms with van der Waals surface area (Å²) in [6, 6.07) is 0. The van der Waals surface area contributed by atoms with Crippen LogP contribution in [-0.4, -0.2) is 11.1 Å². The fourth-order valence-electron chi connectivity index (χ4n) is 1.09. The summed E-state index contributed by atoms with van der Waals surface area (Å²) >= 11 is 0. The van der Waals surface area contributed by atoms with E-state index in [0.717, 1.165) is 25.7 Å². The topological polar surface area (TPSA) is 37.3 Å². The van der Waals surface area contributed by atoms with Crippen LogP contribution in [0.3, 0.4) is 0 Å². The number of rotatable bonds is 5. The van der Waals surface area contributed by atoms with E-state index in [9.17, 15) is 4.79 Å². The van der Waals surface area contributed by atoms with Crippen LogP contribution in [0.15, 0.2) is 0 Å². The van der Waals surface area contributed by atoms with E-state index in [-0.39, 0.29) is 5.92 Å². The van der Waals surface area contributed by atoms with Gasteiger partial charge in [-0.05, 0) is 12.8 Å². The van der Waals surface area contributed by atoms with Crippen molar-refractivity contribution in [2.45, 2.75) is 39.5 Å². The van der Waals surface area contributed by atoms with E-state index < -0.39 is 5.97 Å². The first-order chi connectivity index (χ1) is 4.72. The Kier molecular flexibility index (Phi) is 4.99. The molecular formula is C8H16O2. The van der Waals surface area contributed by atoms with Gasteiger partial charge in [-0.1, -0.05) is 26.7 Å². The third-order valence-electron chi connectivity index (χ3n) is 1.62. The Labute approximate surface area is 62.2 Å². The summed E-state index contributed by atoms with van der Waals surface area (Å²) in [6.45, 7) is 4.04. The molecule has 60 valence electrons. The summed E-state index contributed by atoms with van der Waals surface area (Å²) < 4.78 is 0. The van der Waals surface area contributed by atoms with E-state index in [1.54, 1.807) is 0 Å². The van der Waals surface area contributed by atoms with Crippen LogP contribution in [0.2, 0.25) is 0 Å². The zero-order valence-corrected chi connectivity index (χ0v) is 6.76. The van der Waals surface area contributed by atoms with Gasteiger partial charge in [0.15, 0.2) is 0 Å². The Morgan fingerprint density at radius 1 is 1.30 bits per heavy atom. The second-order valence-corrected chi connectivity index (χ2v) is 2.61.